The van der Waals surface area contributed by atoms with Gasteiger partial charge in [-0.2, -0.15) is 0 Å². The van der Waals surface area contributed by atoms with Gasteiger partial charge in [-0.3, -0.25) is 9.59 Å². The molecule has 1 N–H and O–H groups in total. The van der Waals surface area contributed by atoms with E-state index >= 15 is 0 Å². The van der Waals surface area contributed by atoms with Gasteiger partial charge >= 0.3 is 0 Å². The summed E-state index contributed by atoms with van der Waals surface area (Å²) in [6.07, 6.45) is 0.411. The first kappa shape index (κ1) is 29.9. The third-order valence-electron chi connectivity index (χ3n) is 5.94. The second-order valence-corrected chi connectivity index (χ2v) is 11.3. The summed E-state index contributed by atoms with van der Waals surface area (Å²) in [6, 6.07) is 22.1. The normalized spacial score (nSPS) is 11.7. The van der Waals surface area contributed by atoms with E-state index in [1.54, 1.807) is 24.1 Å². The highest BCUT2D eigenvalue weighted by Crippen LogP contribution is 2.26. The average Bonchev–Trinajstić information content (AvgIpc) is 2.91. The molecule has 0 unspecified atom stereocenters. The molecule has 5 nitrogen and oxygen atoms in total. The second kappa shape index (κ2) is 15.1. The van der Waals surface area contributed by atoms with Crippen molar-refractivity contribution in [3.8, 4) is 5.75 Å². The summed E-state index contributed by atoms with van der Waals surface area (Å²) in [4.78, 5) is 29.0. The average molecular weight is 574 g/mol. The summed E-state index contributed by atoms with van der Waals surface area (Å²) < 4.78 is 5.39. The van der Waals surface area contributed by atoms with Gasteiger partial charge < -0.3 is 15.0 Å². The number of carbonyl (C=O) groups is 2. The van der Waals surface area contributed by atoms with Gasteiger partial charge in [-0.15, -0.1) is 11.8 Å². The standard InChI is InChI=1S/C30H34Cl2N2O3S/c1-21(2)17-33-30(36)28(15-22-8-5-4-6-9-22)34(18-23-10-7-11-26(14-23)37-3)29(35)20-38-19-24-12-13-25(31)16-27(24)32/h4-14,16,21,28H,15,17-20H2,1-3H3,(H,33,36)/t28-/m1/s1. The van der Waals surface area contributed by atoms with Crippen molar-refractivity contribution in [3.63, 3.8) is 0 Å². The van der Waals surface area contributed by atoms with Crippen molar-refractivity contribution in [1.29, 1.82) is 0 Å². The molecule has 38 heavy (non-hydrogen) atoms. The Morgan fingerprint density at radius 3 is 2.39 bits per heavy atom. The van der Waals surface area contributed by atoms with E-state index in [0.29, 0.717) is 40.4 Å². The molecule has 0 aromatic heterocycles. The van der Waals surface area contributed by atoms with Crippen LogP contribution in [0.1, 0.15) is 30.5 Å². The Kier molecular flexibility index (Phi) is 11.8. The maximum atomic E-state index is 13.7. The van der Waals surface area contributed by atoms with Crippen LogP contribution >= 0.6 is 35.0 Å². The molecule has 3 aromatic carbocycles. The van der Waals surface area contributed by atoms with E-state index in [2.05, 4.69) is 5.32 Å². The van der Waals surface area contributed by atoms with Crippen molar-refractivity contribution in [3.05, 3.63) is 99.5 Å². The van der Waals surface area contributed by atoms with E-state index in [0.717, 1.165) is 16.7 Å². The number of thioether (sulfide) groups is 1. The quantitative estimate of drug-likeness (QED) is 0.249. The van der Waals surface area contributed by atoms with Crippen LogP contribution in [0.5, 0.6) is 5.75 Å². The minimum absolute atomic E-state index is 0.122. The van der Waals surface area contributed by atoms with Crippen LogP contribution in [-0.2, 0) is 28.3 Å². The van der Waals surface area contributed by atoms with Crippen molar-refractivity contribution in [2.24, 2.45) is 5.92 Å². The van der Waals surface area contributed by atoms with Crippen LogP contribution in [0.25, 0.3) is 0 Å². The number of hydrogen-bond donors (Lipinski definition) is 1. The van der Waals surface area contributed by atoms with Gasteiger partial charge in [0.1, 0.15) is 11.8 Å². The number of nitrogens with one attached hydrogen (secondary N) is 1. The fraction of sp³-hybridized carbons (Fsp3) is 0.333. The molecule has 0 radical (unpaired) electrons. The van der Waals surface area contributed by atoms with Crippen molar-refractivity contribution < 1.29 is 14.3 Å². The van der Waals surface area contributed by atoms with Gasteiger partial charge in [0, 0.05) is 35.3 Å². The van der Waals surface area contributed by atoms with Crippen LogP contribution in [0.4, 0.5) is 0 Å². The molecule has 8 heteroatoms. The maximum absolute atomic E-state index is 13.7. The highest BCUT2D eigenvalue weighted by Gasteiger charge is 2.30. The highest BCUT2D eigenvalue weighted by atomic mass is 35.5. The number of carbonyl (C=O) groups excluding carboxylic acids is 2. The van der Waals surface area contributed by atoms with E-state index in [-0.39, 0.29) is 24.1 Å². The van der Waals surface area contributed by atoms with Crippen LogP contribution in [-0.4, -0.2) is 42.2 Å². The Bertz CT molecular complexity index is 1210. The van der Waals surface area contributed by atoms with Gasteiger partial charge in [0.15, 0.2) is 0 Å². The lowest BCUT2D eigenvalue weighted by Crippen LogP contribution is -2.51. The number of halogens is 2. The smallest absolute Gasteiger partial charge is 0.243 e. The van der Waals surface area contributed by atoms with Crippen LogP contribution in [0, 0.1) is 5.92 Å². The second-order valence-electron chi connectivity index (χ2n) is 9.45. The van der Waals surface area contributed by atoms with Gasteiger partial charge in [-0.25, -0.2) is 0 Å². The summed E-state index contributed by atoms with van der Waals surface area (Å²) in [7, 11) is 1.61. The lowest BCUT2D eigenvalue weighted by Gasteiger charge is -2.32. The zero-order chi connectivity index (χ0) is 27.5. The molecule has 202 valence electrons. The molecule has 0 bridgehead atoms. The van der Waals surface area contributed by atoms with Gasteiger partial charge in [0.2, 0.25) is 11.8 Å². The van der Waals surface area contributed by atoms with Crippen molar-refractivity contribution in [2.45, 2.75) is 38.6 Å². The Morgan fingerprint density at radius 1 is 0.974 bits per heavy atom. The number of nitrogens with zero attached hydrogens (tertiary/aromatic N) is 1. The van der Waals surface area contributed by atoms with Crippen molar-refractivity contribution in [1.82, 2.24) is 10.2 Å². The molecule has 0 aliphatic heterocycles. The van der Waals surface area contributed by atoms with Gasteiger partial charge in [0.25, 0.3) is 0 Å². The lowest BCUT2D eigenvalue weighted by molar-refractivity contribution is -0.139. The largest absolute Gasteiger partial charge is 0.497 e. The Morgan fingerprint density at radius 2 is 1.71 bits per heavy atom. The van der Waals surface area contributed by atoms with Gasteiger partial charge in [0.05, 0.1) is 12.9 Å². The molecule has 2 amide bonds. The fourth-order valence-corrected chi connectivity index (χ4v) is 5.38. The molecule has 0 heterocycles. The first-order chi connectivity index (χ1) is 18.3. The zero-order valence-corrected chi connectivity index (χ0v) is 24.3. The summed E-state index contributed by atoms with van der Waals surface area (Å²) >= 11 is 13.8. The lowest BCUT2D eigenvalue weighted by atomic mass is 10.0. The predicted octanol–water partition coefficient (Wildman–Crippen LogP) is 6.65. The summed E-state index contributed by atoms with van der Waals surface area (Å²) in [5.41, 5.74) is 2.78. The molecule has 0 aliphatic carbocycles. The fourth-order valence-electron chi connectivity index (χ4n) is 3.91. The van der Waals surface area contributed by atoms with Gasteiger partial charge in [-0.1, -0.05) is 85.6 Å². The molecular weight excluding hydrogens is 539 g/mol. The maximum Gasteiger partial charge on any atom is 0.243 e. The minimum atomic E-state index is -0.672. The van der Waals surface area contributed by atoms with Gasteiger partial charge in [-0.05, 0) is 46.9 Å². The summed E-state index contributed by atoms with van der Waals surface area (Å²) in [6.45, 7) is 4.91. The molecule has 0 spiro atoms. The highest BCUT2D eigenvalue weighted by molar-refractivity contribution is 7.99. The number of hydrogen-bond acceptors (Lipinski definition) is 4. The van der Waals surface area contributed by atoms with E-state index in [1.165, 1.54) is 11.8 Å². The number of methoxy groups -OCH3 is 1. The van der Waals surface area contributed by atoms with E-state index < -0.39 is 6.04 Å². The Labute approximate surface area is 239 Å². The molecule has 1 atom stereocenters. The third kappa shape index (κ3) is 9.26. The first-order valence-electron chi connectivity index (χ1n) is 12.5. The van der Waals surface area contributed by atoms with Crippen LogP contribution in [0.2, 0.25) is 10.0 Å². The topological polar surface area (TPSA) is 58.6 Å². The van der Waals surface area contributed by atoms with E-state index in [1.807, 2.05) is 74.5 Å². The molecule has 3 rings (SSSR count). The monoisotopic (exact) mass is 572 g/mol. The van der Waals surface area contributed by atoms with Crippen LogP contribution < -0.4 is 10.1 Å². The number of rotatable bonds is 13. The molecule has 0 aliphatic rings. The first-order valence-corrected chi connectivity index (χ1v) is 14.4. The van der Waals surface area contributed by atoms with Crippen LogP contribution in [0.3, 0.4) is 0 Å². The third-order valence-corrected chi connectivity index (χ3v) is 7.49. The minimum Gasteiger partial charge on any atom is -0.497 e. The Balaban J connectivity index is 1.86. The molecule has 3 aromatic rings. The zero-order valence-electron chi connectivity index (χ0n) is 22.0. The predicted molar refractivity (Wildman–Crippen MR) is 158 cm³/mol. The van der Waals surface area contributed by atoms with E-state index in [4.69, 9.17) is 27.9 Å². The molecule has 0 saturated carbocycles. The number of ether oxygens (including phenoxy) is 1. The van der Waals surface area contributed by atoms with Crippen LogP contribution in [0.15, 0.2) is 72.8 Å². The van der Waals surface area contributed by atoms with E-state index in [9.17, 15) is 9.59 Å². The Hall–Kier alpha value is -2.67. The SMILES string of the molecule is COc1cccc(CN(C(=O)CSCc2ccc(Cl)cc2Cl)[C@H](Cc2ccccc2)C(=O)NCC(C)C)c1. The van der Waals surface area contributed by atoms with Crippen molar-refractivity contribution in [2.75, 3.05) is 19.4 Å². The van der Waals surface area contributed by atoms with Crippen molar-refractivity contribution >= 4 is 46.8 Å². The summed E-state index contributed by atoms with van der Waals surface area (Å²) in [5.74, 6) is 1.46. The number of benzene rings is 3. The molecule has 0 saturated heterocycles. The molecular formula is C30H34Cl2N2O3S. The summed E-state index contributed by atoms with van der Waals surface area (Å²) in [5, 5.41) is 4.19. The molecule has 0 fully saturated rings. The number of amides is 2.